The van der Waals surface area contributed by atoms with Gasteiger partial charge >= 0.3 is 0 Å². The van der Waals surface area contributed by atoms with Crippen molar-refractivity contribution >= 4 is 22.5 Å². The fraction of sp³-hybridized carbons (Fsp3) is 0.393. The van der Waals surface area contributed by atoms with Crippen molar-refractivity contribution in [3.63, 3.8) is 0 Å². The quantitative estimate of drug-likeness (QED) is 0.448. The third kappa shape index (κ3) is 5.21. The average Bonchev–Trinajstić information content (AvgIpc) is 3.23. The number of carbonyl (C=O) groups excluding carboxylic acids is 1. The topological polar surface area (TPSA) is 65.8 Å². The summed E-state index contributed by atoms with van der Waals surface area (Å²) in [6.07, 6.45) is 1.07. The molecule has 3 heterocycles. The summed E-state index contributed by atoms with van der Waals surface area (Å²) in [6.45, 7) is 10.0. The van der Waals surface area contributed by atoms with Crippen molar-refractivity contribution in [1.82, 2.24) is 29.7 Å². The van der Waals surface area contributed by atoms with Gasteiger partial charge in [-0.15, -0.1) is 0 Å². The first-order valence-corrected chi connectivity index (χ1v) is 12.5. The summed E-state index contributed by atoms with van der Waals surface area (Å²) >= 11 is 0. The number of hydrogen-bond acceptors (Lipinski definition) is 5. The molecule has 1 N–H and O–H groups in total. The maximum absolute atomic E-state index is 12.7. The third-order valence-electron chi connectivity index (χ3n) is 7.10. The van der Waals surface area contributed by atoms with Crippen molar-refractivity contribution in [2.24, 2.45) is 0 Å². The number of aryl methyl sites for hydroxylation is 2. The molecular weight excluding hydrogens is 436 g/mol. The summed E-state index contributed by atoms with van der Waals surface area (Å²) < 4.78 is 1.91. The van der Waals surface area contributed by atoms with Crippen LogP contribution in [0.15, 0.2) is 48.5 Å². The standard InChI is InChI=1S/C28H34N6O/c1-20-24(21(2)34-28(30-20)25-9-4-5-10-26(25)31-34)11-12-27(35)29-18-22-7-6-8-23(17-22)19-33-15-13-32(3)14-16-33/h4-10,17H,11-16,18-19H2,1-3H3,(H,29,35). The third-order valence-corrected chi connectivity index (χ3v) is 7.10. The van der Waals surface area contributed by atoms with E-state index in [-0.39, 0.29) is 5.91 Å². The van der Waals surface area contributed by atoms with Gasteiger partial charge in [0, 0.05) is 62.5 Å². The normalized spacial score (nSPS) is 15.2. The monoisotopic (exact) mass is 470 g/mol. The SMILES string of the molecule is Cc1nc2c3ccccc3nn2c(C)c1CCC(=O)NCc1cccc(CN2CCN(C)CC2)c1. The first kappa shape index (κ1) is 23.5. The lowest BCUT2D eigenvalue weighted by atomic mass is 10.1. The van der Waals surface area contributed by atoms with Crippen LogP contribution in [0.1, 0.15) is 34.5 Å². The number of benzene rings is 2. The van der Waals surface area contributed by atoms with Crippen LogP contribution in [-0.4, -0.2) is 63.5 Å². The van der Waals surface area contributed by atoms with E-state index < -0.39 is 0 Å². The highest BCUT2D eigenvalue weighted by atomic mass is 16.1. The number of rotatable bonds is 7. The summed E-state index contributed by atoms with van der Waals surface area (Å²) in [5.74, 6) is 0.0546. The Morgan fingerprint density at radius 2 is 1.77 bits per heavy atom. The number of aromatic nitrogens is 3. The molecule has 2 aromatic heterocycles. The van der Waals surface area contributed by atoms with Crippen LogP contribution in [0.5, 0.6) is 0 Å². The number of hydrogen-bond donors (Lipinski definition) is 1. The first-order chi connectivity index (χ1) is 17.0. The summed E-state index contributed by atoms with van der Waals surface area (Å²) in [4.78, 5) is 22.4. The molecule has 0 aliphatic carbocycles. The van der Waals surface area contributed by atoms with E-state index in [1.165, 1.54) is 5.56 Å². The molecule has 1 amide bonds. The van der Waals surface area contributed by atoms with E-state index in [0.29, 0.717) is 19.4 Å². The van der Waals surface area contributed by atoms with Gasteiger partial charge in [-0.05, 0) is 56.1 Å². The molecule has 182 valence electrons. The Hall–Kier alpha value is -3.29. The minimum absolute atomic E-state index is 0.0546. The summed E-state index contributed by atoms with van der Waals surface area (Å²) in [5.41, 5.74) is 7.36. The molecular formula is C28H34N6O. The molecule has 0 bridgehead atoms. The molecule has 1 saturated heterocycles. The van der Waals surface area contributed by atoms with E-state index in [2.05, 4.69) is 59.4 Å². The summed E-state index contributed by atoms with van der Waals surface area (Å²) in [7, 11) is 2.18. The fourth-order valence-electron chi connectivity index (χ4n) is 4.97. The van der Waals surface area contributed by atoms with Gasteiger partial charge in [0.1, 0.15) is 0 Å². The zero-order valence-corrected chi connectivity index (χ0v) is 20.9. The van der Waals surface area contributed by atoms with Gasteiger partial charge in [-0.2, -0.15) is 5.10 Å². The van der Waals surface area contributed by atoms with Gasteiger partial charge in [0.2, 0.25) is 5.91 Å². The number of nitrogens with zero attached hydrogens (tertiary/aromatic N) is 5. The van der Waals surface area contributed by atoms with Gasteiger partial charge in [0.25, 0.3) is 0 Å². The molecule has 35 heavy (non-hydrogen) atoms. The Kier molecular flexibility index (Phi) is 6.79. The van der Waals surface area contributed by atoms with Crippen LogP contribution in [-0.2, 0) is 24.3 Å². The van der Waals surface area contributed by atoms with E-state index in [1.54, 1.807) is 0 Å². The lowest BCUT2D eigenvalue weighted by molar-refractivity contribution is -0.121. The maximum atomic E-state index is 12.7. The Labute approximate surface area is 206 Å². The average molecular weight is 471 g/mol. The van der Waals surface area contributed by atoms with Gasteiger partial charge in [0.15, 0.2) is 5.65 Å². The van der Waals surface area contributed by atoms with E-state index >= 15 is 0 Å². The number of piperazine rings is 1. The molecule has 7 heteroatoms. The highest BCUT2D eigenvalue weighted by Crippen LogP contribution is 2.23. The lowest BCUT2D eigenvalue weighted by Gasteiger charge is -2.32. The van der Waals surface area contributed by atoms with Crippen molar-refractivity contribution in [2.45, 2.75) is 39.8 Å². The van der Waals surface area contributed by atoms with Crippen LogP contribution in [0.4, 0.5) is 0 Å². The van der Waals surface area contributed by atoms with Crippen LogP contribution in [0.3, 0.4) is 0 Å². The fourth-order valence-corrected chi connectivity index (χ4v) is 4.97. The second-order valence-electron chi connectivity index (χ2n) is 9.69. The molecule has 2 aromatic carbocycles. The second kappa shape index (κ2) is 10.1. The zero-order valence-electron chi connectivity index (χ0n) is 20.9. The highest BCUT2D eigenvalue weighted by molar-refractivity contribution is 5.92. The van der Waals surface area contributed by atoms with Crippen LogP contribution in [0, 0.1) is 13.8 Å². The van der Waals surface area contributed by atoms with Crippen molar-refractivity contribution in [3.8, 4) is 0 Å². The lowest BCUT2D eigenvalue weighted by Crippen LogP contribution is -2.43. The second-order valence-corrected chi connectivity index (χ2v) is 9.69. The Balaban J connectivity index is 1.19. The molecule has 4 aromatic rings. The van der Waals surface area contributed by atoms with E-state index in [0.717, 1.165) is 71.8 Å². The molecule has 0 radical (unpaired) electrons. The molecule has 0 unspecified atom stereocenters. The molecule has 7 nitrogen and oxygen atoms in total. The van der Waals surface area contributed by atoms with Crippen LogP contribution < -0.4 is 5.32 Å². The number of amides is 1. The number of likely N-dealkylation sites (N-methyl/N-ethyl adjacent to an activating group) is 1. The van der Waals surface area contributed by atoms with Crippen LogP contribution in [0.25, 0.3) is 16.6 Å². The molecule has 1 aliphatic heterocycles. The first-order valence-electron chi connectivity index (χ1n) is 12.5. The van der Waals surface area contributed by atoms with E-state index in [1.807, 2.05) is 29.6 Å². The van der Waals surface area contributed by atoms with Crippen LogP contribution in [0.2, 0.25) is 0 Å². The minimum Gasteiger partial charge on any atom is -0.352 e. The largest absolute Gasteiger partial charge is 0.352 e. The predicted molar refractivity (Wildman–Crippen MR) is 139 cm³/mol. The number of fused-ring (bicyclic) bond motifs is 3. The summed E-state index contributed by atoms with van der Waals surface area (Å²) in [6, 6.07) is 16.6. The van der Waals surface area contributed by atoms with Crippen molar-refractivity contribution < 1.29 is 4.79 Å². The van der Waals surface area contributed by atoms with Gasteiger partial charge in [-0.3, -0.25) is 9.69 Å². The molecule has 5 rings (SSSR count). The van der Waals surface area contributed by atoms with Gasteiger partial charge in [-0.25, -0.2) is 9.50 Å². The maximum Gasteiger partial charge on any atom is 0.220 e. The van der Waals surface area contributed by atoms with Gasteiger partial charge in [-0.1, -0.05) is 36.4 Å². The van der Waals surface area contributed by atoms with Crippen molar-refractivity contribution in [1.29, 1.82) is 0 Å². The van der Waals surface area contributed by atoms with Crippen molar-refractivity contribution in [3.05, 3.63) is 76.6 Å². The van der Waals surface area contributed by atoms with E-state index in [9.17, 15) is 4.79 Å². The predicted octanol–water partition coefficient (Wildman–Crippen LogP) is 3.50. The highest BCUT2D eigenvalue weighted by Gasteiger charge is 2.16. The molecule has 1 aliphatic rings. The van der Waals surface area contributed by atoms with Gasteiger partial charge < -0.3 is 10.2 Å². The van der Waals surface area contributed by atoms with Crippen LogP contribution >= 0.6 is 0 Å². The Morgan fingerprint density at radius 3 is 2.60 bits per heavy atom. The number of carbonyl (C=O) groups is 1. The zero-order chi connectivity index (χ0) is 24.4. The van der Waals surface area contributed by atoms with Gasteiger partial charge in [0.05, 0.1) is 5.52 Å². The summed E-state index contributed by atoms with van der Waals surface area (Å²) in [5, 5.41) is 8.88. The smallest absolute Gasteiger partial charge is 0.220 e. The van der Waals surface area contributed by atoms with Crippen molar-refractivity contribution in [2.75, 3.05) is 33.2 Å². The van der Waals surface area contributed by atoms with E-state index in [4.69, 9.17) is 10.1 Å². The molecule has 0 spiro atoms. The molecule has 0 saturated carbocycles. The molecule has 1 fully saturated rings. The number of nitrogens with one attached hydrogen (secondary N) is 1. The molecule has 0 atom stereocenters. The minimum atomic E-state index is 0.0546. The Bertz CT molecular complexity index is 1350. The Morgan fingerprint density at radius 1 is 1.00 bits per heavy atom.